The maximum atomic E-state index is 6.83. The molecule has 1 aromatic rings. The zero-order valence-corrected chi connectivity index (χ0v) is 22.6. The number of aromatic nitrogens is 1. The van der Waals surface area contributed by atoms with E-state index in [2.05, 4.69) is 79.9 Å². The van der Waals surface area contributed by atoms with Crippen LogP contribution in [0.25, 0.3) is 0 Å². The highest BCUT2D eigenvalue weighted by Gasteiger charge is 2.46. The van der Waals surface area contributed by atoms with E-state index in [1.165, 1.54) is 0 Å². The van der Waals surface area contributed by atoms with Crippen molar-refractivity contribution in [3.8, 4) is 0 Å². The molecule has 0 bridgehead atoms. The Bertz CT molecular complexity index is 692. The molecule has 0 N–H and O–H groups in total. The molecule has 0 saturated carbocycles. The van der Waals surface area contributed by atoms with Crippen molar-refractivity contribution in [2.45, 2.75) is 109 Å². The van der Waals surface area contributed by atoms with Gasteiger partial charge in [0.05, 0.1) is 18.4 Å². The van der Waals surface area contributed by atoms with Gasteiger partial charge in [-0.15, -0.1) is 0 Å². The number of rotatable bonds is 6. The van der Waals surface area contributed by atoms with Crippen LogP contribution in [0.3, 0.4) is 0 Å². The highest BCUT2D eigenvalue weighted by molar-refractivity contribution is 6.74. The van der Waals surface area contributed by atoms with E-state index >= 15 is 0 Å². The Morgan fingerprint density at radius 2 is 1.59 bits per heavy atom. The first-order chi connectivity index (χ1) is 13.0. The highest BCUT2D eigenvalue weighted by atomic mass is 28.4. The minimum absolute atomic E-state index is 0.0299. The van der Waals surface area contributed by atoms with Crippen LogP contribution in [0.5, 0.6) is 0 Å². The fraction of sp³-hybridized carbons (Fsp3) is 0.783. The first-order valence-corrected chi connectivity index (χ1v) is 16.8. The van der Waals surface area contributed by atoms with Gasteiger partial charge >= 0.3 is 0 Å². The van der Waals surface area contributed by atoms with Crippen molar-refractivity contribution in [1.29, 1.82) is 0 Å². The fourth-order valence-electron chi connectivity index (χ4n) is 2.98. The summed E-state index contributed by atoms with van der Waals surface area (Å²) >= 11 is 0. The SMILES string of the molecule is Cc1cccc([C@H]2C[C@H](O[Si](C)(C)C(C)(C)C)[C@@H](CO[Si](C)(C)C(C)(C)C)O2)n1. The smallest absolute Gasteiger partial charge is 0.192 e. The second kappa shape index (κ2) is 8.54. The summed E-state index contributed by atoms with van der Waals surface area (Å²) in [6.07, 6.45) is 0.810. The van der Waals surface area contributed by atoms with E-state index in [1.54, 1.807) is 0 Å². The zero-order chi connectivity index (χ0) is 22.3. The van der Waals surface area contributed by atoms with Crippen LogP contribution in [0, 0.1) is 6.92 Å². The largest absolute Gasteiger partial charge is 0.414 e. The molecule has 4 nitrogen and oxygen atoms in total. The molecule has 1 aromatic heterocycles. The summed E-state index contributed by atoms with van der Waals surface area (Å²) in [6.45, 7) is 25.5. The van der Waals surface area contributed by atoms with Gasteiger partial charge in [-0.05, 0) is 55.3 Å². The number of hydrogen-bond acceptors (Lipinski definition) is 4. The van der Waals surface area contributed by atoms with Gasteiger partial charge in [0.25, 0.3) is 0 Å². The van der Waals surface area contributed by atoms with Crippen molar-refractivity contribution in [3.63, 3.8) is 0 Å². The van der Waals surface area contributed by atoms with E-state index in [9.17, 15) is 0 Å². The standard InChI is InChI=1S/C23H43NO3Si2/c1-17-13-12-14-18(24-17)19-15-20(27-29(10,11)23(5,6)7)21(26-19)16-25-28(8,9)22(2,3)4/h12-14,19-21H,15-16H2,1-11H3/t19-,20+,21-/m1/s1. The second-order valence-electron chi connectivity index (χ2n) is 11.6. The van der Waals surface area contributed by atoms with Crippen LogP contribution in [-0.2, 0) is 13.6 Å². The minimum Gasteiger partial charge on any atom is -0.414 e. The van der Waals surface area contributed by atoms with Crippen LogP contribution in [0.1, 0.15) is 65.5 Å². The van der Waals surface area contributed by atoms with Crippen molar-refractivity contribution in [3.05, 3.63) is 29.6 Å². The summed E-state index contributed by atoms with van der Waals surface area (Å²) in [7, 11) is -3.76. The van der Waals surface area contributed by atoms with Crippen LogP contribution >= 0.6 is 0 Å². The Morgan fingerprint density at radius 3 is 2.10 bits per heavy atom. The van der Waals surface area contributed by atoms with Crippen LogP contribution in [0.2, 0.25) is 36.3 Å². The quantitative estimate of drug-likeness (QED) is 0.468. The first kappa shape index (κ1) is 24.7. The Labute approximate surface area is 181 Å². The summed E-state index contributed by atoms with van der Waals surface area (Å²) in [4.78, 5) is 4.72. The summed E-state index contributed by atoms with van der Waals surface area (Å²) in [6, 6.07) is 6.16. The lowest BCUT2D eigenvalue weighted by Crippen LogP contribution is -2.48. The van der Waals surface area contributed by atoms with E-state index in [0.29, 0.717) is 6.61 Å². The average molecular weight is 438 g/mol. The van der Waals surface area contributed by atoms with Crippen LogP contribution in [0.15, 0.2) is 18.2 Å². The Morgan fingerprint density at radius 1 is 1.00 bits per heavy atom. The van der Waals surface area contributed by atoms with Gasteiger partial charge in [-0.3, -0.25) is 4.98 Å². The lowest BCUT2D eigenvalue weighted by molar-refractivity contribution is -0.0176. The molecule has 0 amide bonds. The van der Waals surface area contributed by atoms with Gasteiger partial charge in [0.15, 0.2) is 16.6 Å². The number of nitrogens with zero attached hydrogens (tertiary/aromatic N) is 1. The first-order valence-electron chi connectivity index (χ1n) is 10.9. The summed E-state index contributed by atoms with van der Waals surface area (Å²) in [5.41, 5.74) is 2.03. The number of pyridine rings is 1. The molecular weight excluding hydrogens is 394 g/mol. The predicted octanol–water partition coefficient (Wildman–Crippen LogP) is 6.63. The fourth-order valence-corrected chi connectivity index (χ4v) is 5.36. The Hall–Kier alpha value is -0.536. The lowest BCUT2D eigenvalue weighted by Gasteiger charge is -2.40. The molecule has 2 heterocycles. The maximum Gasteiger partial charge on any atom is 0.192 e. The van der Waals surface area contributed by atoms with Gasteiger partial charge in [0.1, 0.15) is 12.2 Å². The van der Waals surface area contributed by atoms with Crippen molar-refractivity contribution >= 4 is 16.6 Å². The molecule has 0 radical (unpaired) electrons. The third-order valence-corrected chi connectivity index (χ3v) is 16.1. The molecule has 0 spiro atoms. The number of hydrogen-bond donors (Lipinski definition) is 0. The van der Waals surface area contributed by atoms with Crippen LogP contribution in [0.4, 0.5) is 0 Å². The van der Waals surface area contributed by atoms with E-state index in [4.69, 9.17) is 18.6 Å². The average Bonchev–Trinajstić information content (AvgIpc) is 2.93. The van der Waals surface area contributed by atoms with Gasteiger partial charge in [-0.25, -0.2) is 0 Å². The van der Waals surface area contributed by atoms with E-state index in [0.717, 1.165) is 17.8 Å². The molecule has 0 aromatic carbocycles. The molecule has 0 unspecified atom stereocenters. The van der Waals surface area contributed by atoms with E-state index < -0.39 is 16.6 Å². The van der Waals surface area contributed by atoms with E-state index in [-0.39, 0.29) is 28.4 Å². The topological polar surface area (TPSA) is 40.6 Å². The monoisotopic (exact) mass is 437 g/mol. The highest BCUT2D eigenvalue weighted by Crippen LogP contribution is 2.43. The van der Waals surface area contributed by atoms with Crippen molar-refractivity contribution in [2.24, 2.45) is 0 Å². The summed E-state index contributed by atoms with van der Waals surface area (Å²) in [5, 5.41) is 0.344. The molecular formula is C23H43NO3Si2. The van der Waals surface area contributed by atoms with Crippen LogP contribution < -0.4 is 0 Å². The third kappa shape index (κ3) is 6.00. The van der Waals surface area contributed by atoms with Gasteiger partial charge in [-0.1, -0.05) is 47.6 Å². The summed E-state index contributed by atoms with van der Waals surface area (Å²) in [5.74, 6) is 0. The number of ether oxygens (including phenoxy) is 1. The molecule has 2 rings (SSSR count). The molecule has 1 saturated heterocycles. The molecule has 1 aliphatic heterocycles. The van der Waals surface area contributed by atoms with Crippen molar-refractivity contribution in [1.82, 2.24) is 4.98 Å². The van der Waals surface area contributed by atoms with Gasteiger partial charge < -0.3 is 13.6 Å². The van der Waals surface area contributed by atoms with Gasteiger partial charge in [0, 0.05) is 12.1 Å². The van der Waals surface area contributed by atoms with Gasteiger partial charge in [-0.2, -0.15) is 0 Å². The molecule has 1 aliphatic rings. The molecule has 29 heavy (non-hydrogen) atoms. The third-order valence-electron chi connectivity index (χ3n) is 7.11. The lowest BCUT2D eigenvalue weighted by atomic mass is 10.1. The predicted molar refractivity (Wildman–Crippen MR) is 126 cm³/mol. The van der Waals surface area contributed by atoms with E-state index in [1.807, 2.05) is 13.0 Å². The molecule has 3 atom stereocenters. The molecule has 0 aliphatic carbocycles. The van der Waals surface area contributed by atoms with Crippen molar-refractivity contribution in [2.75, 3.05) is 6.61 Å². The minimum atomic E-state index is -1.91. The van der Waals surface area contributed by atoms with Crippen LogP contribution in [-0.4, -0.2) is 40.4 Å². The normalized spacial score (nSPS) is 24.2. The Kier molecular flexibility index (Phi) is 7.28. The maximum absolute atomic E-state index is 6.83. The van der Waals surface area contributed by atoms with Crippen molar-refractivity contribution < 1.29 is 13.6 Å². The van der Waals surface area contributed by atoms with Gasteiger partial charge in [0.2, 0.25) is 0 Å². The molecule has 1 fully saturated rings. The second-order valence-corrected chi connectivity index (χ2v) is 21.2. The Balaban J connectivity index is 2.21. The zero-order valence-electron chi connectivity index (χ0n) is 20.6. The number of aryl methyl sites for hydroxylation is 1. The summed E-state index contributed by atoms with van der Waals surface area (Å²) < 4.78 is 19.9. The molecule has 6 heteroatoms. The molecule has 166 valence electrons.